The van der Waals surface area contributed by atoms with Crippen LogP contribution in [0.4, 0.5) is 0 Å². The van der Waals surface area contributed by atoms with Gasteiger partial charge < -0.3 is 0 Å². The molecule has 0 heterocycles. The molecule has 11 heavy (non-hydrogen) atoms. The minimum Gasteiger partial charge on any atom is -0.287 e. The van der Waals surface area contributed by atoms with Crippen LogP contribution in [0.15, 0.2) is 9.98 Å². The molecule has 0 spiro atoms. The molecule has 3 nitrogen and oxygen atoms in total. The van der Waals surface area contributed by atoms with Crippen molar-refractivity contribution in [3.63, 3.8) is 0 Å². The highest BCUT2D eigenvalue weighted by atomic mass is 15.2. The van der Waals surface area contributed by atoms with Crippen LogP contribution in [0.3, 0.4) is 0 Å². The smallest absolute Gasteiger partial charge is 0.112 e. The van der Waals surface area contributed by atoms with E-state index in [1.165, 1.54) is 0 Å². The van der Waals surface area contributed by atoms with Crippen molar-refractivity contribution < 1.29 is 0 Å². The molecule has 64 valence electrons. The van der Waals surface area contributed by atoms with Gasteiger partial charge in [0.25, 0.3) is 0 Å². The van der Waals surface area contributed by atoms with Crippen molar-refractivity contribution in [3.05, 3.63) is 0 Å². The molecule has 0 aromatic rings. The molecule has 0 unspecified atom stereocenters. The van der Waals surface area contributed by atoms with Gasteiger partial charge in [0.1, 0.15) is 6.17 Å². The molecule has 0 aliphatic rings. The summed E-state index contributed by atoms with van der Waals surface area (Å²) in [6, 6.07) is 2.68. The lowest BCUT2D eigenvalue weighted by atomic mass is 10.4. The Kier molecular flexibility index (Phi) is 5.71. The van der Waals surface area contributed by atoms with Gasteiger partial charge in [-0.2, -0.15) is 0 Å². The largest absolute Gasteiger partial charge is 0.287 e. The minimum atomic E-state index is 0.227. The lowest BCUT2D eigenvalue weighted by molar-refractivity contribution is 0.296. The molecule has 0 saturated heterocycles. The van der Waals surface area contributed by atoms with E-state index in [1.54, 1.807) is 0 Å². The van der Waals surface area contributed by atoms with Crippen LogP contribution in [0.1, 0.15) is 20.3 Å². The van der Waals surface area contributed by atoms with Gasteiger partial charge in [0.2, 0.25) is 0 Å². The van der Waals surface area contributed by atoms with E-state index in [0.29, 0.717) is 0 Å². The Morgan fingerprint density at radius 3 is 2.36 bits per heavy atom. The fourth-order valence-electron chi connectivity index (χ4n) is 0.750. The first-order valence-corrected chi connectivity index (χ1v) is 4.00. The highest BCUT2D eigenvalue weighted by Gasteiger charge is 2.03. The van der Waals surface area contributed by atoms with Crippen molar-refractivity contribution in [3.8, 4) is 0 Å². The standard InChI is InChI=1S/C8H17N3/c1-5-8(11(3)4)10-7-9-6-2/h8H,5-6H2,1-4H3/t8-/m1/s1. The predicted molar refractivity (Wildman–Crippen MR) is 48.2 cm³/mol. The maximum atomic E-state index is 4.14. The van der Waals surface area contributed by atoms with Gasteiger partial charge in [-0.05, 0) is 27.4 Å². The van der Waals surface area contributed by atoms with Crippen LogP contribution in [0.2, 0.25) is 0 Å². The molecular formula is C8H17N3. The highest BCUT2D eigenvalue weighted by Crippen LogP contribution is 1.97. The second kappa shape index (κ2) is 6.08. The van der Waals surface area contributed by atoms with Crippen molar-refractivity contribution in [2.45, 2.75) is 26.4 Å². The third-order valence-electron chi connectivity index (χ3n) is 1.40. The van der Waals surface area contributed by atoms with Crippen LogP contribution in [0.25, 0.3) is 0 Å². The Balaban J connectivity index is 3.96. The zero-order valence-corrected chi connectivity index (χ0v) is 7.83. The van der Waals surface area contributed by atoms with Gasteiger partial charge in [-0.1, -0.05) is 6.92 Å². The summed E-state index contributed by atoms with van der Waals surface area (Å²) in [7, 11) is 4.01. The van der Waals surface area contributed by atoms with Crippen molar-refractivity contribution in [2.24, 2.45) is 9.98 Å². The second-order valence-corrected chi connectivity index (χ2v) is 2.56. The fourth-order valence-corrected chi connectivity index (χ4v) is 0.750. The molecule has 0 amide bonds. The van der Waals surface area contributed by atoms with Gasteiger partial charge >= 0.3 is 0 Å². The third kappa shape index (κ3) is 4.71. The third-order valence-corrected chi connectivity index (χ3v) is 1.40. The number of aliphatic imine (C=N–C) groups is 2. The van der Waals surface area contributed by atoms with Crippen molar-refractivity contribution >= 4 is 6.01 Å². The molecule has 0 rings (SSSR count). The van der Waals surface area contributed by atoms with E-state index in [9.17, 15) is 0 Å². The quantitative estimate of drug-likeness (QED) is 0.565. The minimum absolute atomic E-state index is 0.227. The maximum absolute atomic E-state index is 4.14. The molecule has 0 N–H and O–H groups in total. The topological polar surface area (TPSA) is 28.0 Å². The SMILES string of the molecule is CCN=C=N[C@@H](CC)N(C)C. The molecule has 0 aromatic carbocycles. The lowest BCUT2D eigenvalue weighted by Gasteiger charge is -2.15. The van der Waals surface area contributed by atoms with E-state index < -0.39 is 0 Å². The molecular weight excluding hydrogens is 138 g/mol. The number of nitrogens with zero attached hydrogens (tertiary/aromatic N) is 3. The molecule has 0 aromatic heterocycles. The normalized spacial score (nSPS) is 12.5. The van der Waals surface area contributed by atoms with Crippen LogP contribution in [-0.2, 0) is 0 Å². The summed E-state index contributed by atoms with van der Waals surface area (Å²) in [6.45, 7) is 4.83. The molecule has 0 saturated carbocycles. The van der Waals surface area contributed by atoms with Gasteiger partial charge in [-0.25, -0.2) is 9.98 Å². The molecule has 0 bridgehead atoms. The Morgan fingerprint density at radius 1 is 1.36 bits per heavy atom. The van der Waals surface area contributed by atoms with E-state index in [2.05, 4.69) is 27.8 Å². The number of hydrogen-bond acceptors (Lipinski definition) is 3. The van der Waals surface area contributed by atoms with E-state index in [1.807, 2.05) is 21.0 Å². The van der Waals surface area contributed by atoms with E-state index in [0.717, 1.165) is 13.0 Å². The summed E-state index contributed by atoms with van der Waals surface area (Å²) >= 11 is 0. The summed E-state index contributed by atoms with van der Waals surface area (Å²) in [4.78, 5) is 10.1. The monoisotopic (exact) mass is 155 g/mol. The number of rotatable bonds is 4. The zero-order chi connectivity index (χ0) is 8.69. The van der Waals surface area contributed by atoms with Gasteiger partial charge in [-0.3, -0.25) is 4.90 Å². The van der Waals surface area contributed by atoms with Crippen molar-refractivity contribution in [2.75, 3.05) is 20.6 Å². The molecule has 3 heteroatoms. The Bertz CT molecular complexity index is 145. The van der Waals surface area contributed by atoms with Gasteiger partial charge in [-0.15, -0.1) is 0 Å². The molecule has 0 fully saturated rings. The predicted octanol–water partition coefficient (Wildman–Crippen LogP) is 1.48. The Morgan fingerprint density at radius 2 is 2.00 bits per heavy atom. The van der Waals surface area contributed by atoms with E-state index in [-0.39, 0.29) is 6.17 Å². The van der Waals surface area contributed by atoms with Crippen molar-refractivity contribution in [1.29, 1.82) is 0 Å². The first kappa shape index (κ1) is 10.3. The molecule has 0 aliphatic carbocycles. The maximum Gasteiger partial charge on any atom is 0.112 e. The summed E-state index contributed by atoms with van der Waals surface area (Å²) in [5.74, 6) is 0. The average Bonchev–Trinajstić information content (AvgIpc) is 1.97. The van der Waals surface area contributed by atoms with Crippen LogP contribution >= 0.6 is 0 Å². The van der Waals surface area contributed by atoms with E-state index in [4.69, 9.17) is 0 Å². The summed E-state index contributed by atoms with van der Waals surface area (Å²) in [5, 5.41) is 0. The lowest BCUT2D eigenvalue weighted by Crippen LogP contribution is -2.24. The summed E-state index contributed by atoms with van der Waals surface area (Å²) in [5.41, 5.74) is 0. The first-order valence-electron chi connectivity index (χ1n) is 4.00. The van der Waals surface area contributed by atoms with Gasteiger partial charge in [0, 0.05) is 6.54 Å². The molecule has 0 radical (unpaired) electrons. The fraction of sp³-hybridized carbons (Fsp3) is 0.875. The van der Waals surface area contributed by atoms with Gasteiger partial charge in [0.15, 0.2) is 0 Å². The first-order chi connectivity index (χ1) is 5.22. The zero-order valence-electron chi connectivity index (χ0n) is 7.83. The Hall–Kier alpha value is -0.660. The molecule has 1 atom stereocenters. The molecule has 0 aliphatic heterocycles. The van der Waals surface area contributed by atoms with Crippen LogP contribution < -0.4 is 0 Å². The Labute approximate surface area is 68.8 Å². The van der Waals surface area contributed by atoms with Crippen molar-refractivity contribution in [1.82, 2.24) is 4.90 Å². The highest BCUT2D eigenvalue weighted by molar-refractivity contribution is 5.41. The second-order valence-electron chi connectivity index (χ2n) is 2.56. The average molecular weight is 155 g/mol. The van der Waals surface area contributed by atoms with Gasteiger partial charge in [0.05, 0.1) is 6.01 Å². The number of hydrogen-bond donors (Lipinski definition) is 0. The van der Waals surface area contributed by atoms with Crippen LogP contribution in [0, 0.1) is 0 Å². The van der Waals surface area contributed by atoms with E-state index >= 15 is 0 Å². The van der Waals surface area contributed by atoms with Crippen LogP contribution in [-0.4, -0.2) is 37.7 Å². The summed E-state index contributed by atoms with van der Waals surface area (Å²) < 4.78 is 0. The summed E-state index contributed by atoms with van der Waals surface area (Å²) in [6.07, 6.45) is 1.23. The van der Waals surface area contributed by atoms with Crippen LogP contribution in [0.5, 0.6) is 0 Å².